The lowest BCUT2D eigenvalue weighted by Gasteiger charge is -2.19. The number of Topliss-reactive ketones (excluding diaryl/α,β-unsaturated/α-hetero) is 1. The largest absolute Gasteiger partial charge is 0.481 e. The second-order valence-electron chi connectivity index (χ2n) is 7.51. The number of fused-ring (bicyclic) bond motifs is 1. The standard InChI is InChI=1S/C21H25N3O6/c1-6-15(25)23-11-24-12(2)17(19(27)20(22)28)18-13(24)8-7-9-14(18)29-10-16(26)30-21(3,4)5/h6-9H,1,10-11H2,2-5H3,(H2,22,28)(H,23,25). The lowest BCUT2D eigenvalue weighted by atomic mass is 10.1. The van der Waals surface area contributed by atoms with Crippen LogP contribution in [0.5, 0.6) is 5.75 Å². The molecule has 0 unspecified atom stereocenters. The Morgan fingerprint density at radius 1 is 1.23 bits per heavy atom. The molecule has 0 aliphatic heterocycles. The van der Waals surface area contributed by atoms with E-state index in [4.69, 9.17) is 15.2 Å². The molecule has 9 nitrogen and oxygen atoms in total. The number of esters is 1. The number of ketones is 1. The average molecular weight is 415 g/mol. The van der Waals surface area contributed by atoms with E-state index in [0.717, 1.165) is 6.08 Å². The van der Waals surface area contributed by atoms with E-state index in [1.807, 2.05) is 0 Å². The predicted molar refractivity (Wildman–Crippen MR) is 110 cm³/mol. The summed E-state index contributed by atoms with van der Waals surface area (Å²) in [6.45, 7) is 9.84. The van der Waals surface area contributed by atoms with Gasteiger partial charge in [0.2, 0.25) is 5.91 Å². The van der Waals surface area contributed by atoms with Crippen molar-refractivity contribution in [3.63, 3.8) is 0 Å². The minimum Gasteiger partial charge on any atom is -0.481 e. The summed E-state index contributed by atoms with van der Waals surface area (Å²) in [6, 6.07) is 4.92. The van der Waals surface area contributed by atoms with Crippen molar-refractivity contribution in [3.8, 4) is 5.75 Å². The number of carbonyl (C=O) groups excluding carboxylic acids is 4. The van der Waals surface area contributed by atoms with Gasteiger partial charge in [-0.3, -0.25) is 14.4 Å². The predicted octanol–water partition coefficient (Wildman–Crippen LogP) is 1.60. The molecule has 0 aliphatic carbocycles. The van der Waals surface area contributed by atoms with Gasteiger partial charge in [0.1, 0.15) is 11.4 Å². The van der Waals surface area contributed by atoms with Gasteiger partial charge in [-0.25, -0.2) is 4.79 Å². The van der Waals surface area contributed by atoms with E-state index in [0.29, 0.717) is 16.6 Å². The Morgan fingerprint density at radius 3 is 2.47 bits per heavy atom. The molecule has 0 bridgehead atoms. The van der Waals surface area contributed by atoms with Gasteiger partial charge >= 0.3 is 5.97 Å². The molecule has 9 heteroatoms. The molecular formula is C21H25N3O6. The SMILES string of the molecule is C=CC(=O)NCn1c(C)c(C(=O)C(N)=O)c2c(OCC(=O)OC(C)(C)C)cccc21. The second-order valence-corrected chi connectivity index (χ2v) is 7.51. The highest BCUT2D eigenvalue weighted by Gasteiger charge is 2.26. The Balaban J connectivity index is 2.52. The molecule has 0 atom stereocenters. The van der Waals surface area contributed by atoms with Crippen LogP contribution in [0, 0.1) is 6.92 Å². The maximum Gasteiger partial charge on any atom is 0.344 e. The van der Waals surface area contributed by atoms with Crippen LogP contribution in [-0.2, 0) is 25.8 Å². The number of aromatic nitrogens is 1. The topological polar surface area (TPSA) is 130 Å². The van der Waals surface area contributed by atoms with E-state index in [2.05, 4.69) is 11.9 Å². The molecule has 3 N–H and O–H groups in total. The molecule has 30 heavy (non-hydrogen) atoms. The molecule has 1 aromatic carbocycles. The minimum absolute atomic E-state index is 0.0226. The lowest BCUT2D eigenvalue weighted by Crippen LogP contribution is -2.27. The van der Waals surface area contributed by atoms with E-state index >= 15 is 0 Å². The molecule has 0 spiro atoms. The third-order valence-electron chi connectivity index (χ3n) is 4.12. The fourth-order valence-corrected chi connectivity index (χ4v) is 2.95. The van der Waals surface area contributed by atoms with Gasteiger partial charge in [0.15, 0.2) is 6.61 Å². The summed E-state index contributed by atoms with van der Waals surface area (Å²) < 4.78 is 12.5. The van der Waals surface area contributed by atoms with E-state index < -0.39 is 35.8 Å². The molecule has 1 aromatic heterocycles. The molecule has 2 aromatic rings. The number of nitrogens with one attached hydrogen (secondary N) is 1. The normalized spacial score (nSPS) is 11.1. The molecular weight excluding hydrogens is 390 g/mol. The van der Waals surface area contributed by atoms with Crippen molar-refractivity contribution >= 4 is 34.5 Å². The average Bonchev–Trinajstić information content (AvgIpc) is 2.94. The van der Waals surface area contributed by atoms with Crippen LogP contribution < -0.4 is 15.8 Å². The number of ether oxygens (including phenoxy) is 2. The quantitative estimate of drug-likeness (QED) is 0.291. The van der Waals surface area contributed by atoms with Crippen LogP contribution in [0.1, 0.15) is 36.8 Å². The van der Waals surface area contributed by atoms with Crippen LogP contribution in [0.3, 0.4) is 0 Å². The minimum atomic E-state index is -1.13. The lowest BCUT2D eigenvalue weighted by molar-refractivity contribution is -0.157. The van der Waals surface area contributed by atoms with Gasteiger partial charge < -0.3 is 25.1 Å². The number of carbonyl (C=O) groups is 4. The van der Waals surface area contributed by atoms with E-state index in [-0.39, 0.29) is 18.0 Å². The first-order valence-corrected chi connectivity index (χ1v) is 9.17. The number of nitrogens with two attached hydrogens (primary N) is 1. The zero-order valence-electron chi connectivity index (χ0n) is 17.4. The summed E-state index contributed by atoms with van der Waals surface area (Å²) in [5.74, 6) is -2.82. The van der Waals surface area contributed by atoms with E-state index in [1.54, 1.807) is 50.5 Å². The van der Waals surface area contributed by atoms with Crippen LogP contribution in [0.2, 0.25) is 0 Å². The van der Waals surface area contributed by atoms with Crippen molar-refractivity contribution in [1.29, 1.82) is 0 Å². The van der Waals surface area contributed by atoms with Gasteiger partial charge in [-0.05, 0) is 45.9 Å². The summed E-state index contributed by atoms with van der Waals surface area (Å²) in [7, 11) is 0. The van der Waals surface area contributed by atoms with Crippen molar-refractivity contribution in [3.05, 3.63) is 42.1 Å². The van der Waals surface area contributed by atoms with Crippen molar-refractivity contribution in [2.75, 3.05) is 6.61 Å². The number of nitrogens with zero attached hydrogens (tertiary/aromatic N) is 1. The molecule has 0 saturated carbocycles. The highest BCUT2D eigenvalue weighted by atomic mass is 16.6. The number of benzene rings is 1. The zero-order valence-corrected chi connectivity index (χ0v) is 17.4. The van der Waals surface area contributed by atoms with Crippen molar-refractivity contribution in [2.24, 2.45) is 5.73 Å². The highest BCUT2D eigenvalue weighted by Crippen LogP contribution is 2.34. The first kappa shape index (κ1) is 22.7. The van der Waals surface area contributed by atoms with Crippen molar-refractivity contribution in [2.45, 2.75) is 40.0 Å². The Morgan fingerprint density at radius 2 is 1.90 bits per heavy atom. The number of primary amides is 1. The summed E-state index contributed by atoms with van der Waals surface area (Å²) in [4.78, 5) is 47.8. The fourth-order valence-electron chi connectivity index (χ4n) is 2.95. The summed E-state index contributed by atoms with van der Waals surface area (Å²) in [5, 5.41) is 2.94. The Hall–Kier alpha value is -3.62. The number of amides is 2. The molecule has 2 amide bonds. The fraction of sp³-hybridized carbons (Fsp3) is 0.333. The number of hydrogen-bond acceptors (Lipinski definition) is 6. The molecule has 1 heterocycles. The summed E-state index contributed by atoms with van der Waals surface area (Å²) in [5.41, 5.74) is 5.52. The number of hydrogen-bond donors (Lipinski definition) is 2. The second kappa shape index (κ2) is 8.81. The third-order valence-corrected chi connectivity index (χ3v) is 4.12. The Kier molecular flexibility index (Phi) is 6.66. The van der Waals surface area contributed by atoms with Crippen LogP contribution in [0.4, 0.5) is 0 Å². The Bertz CT molecular complexity index is 1030. The zero-order chi connectivity index (χ0) is 22.6. The van der Waals surface area contributed by atoms with Crippen molar-refractivity contribution < 1.29 is 28.7 Å². The van der Waals surface area contributed by atoms with Gasteiger partial charge in [0.05, 0.1) is 23.1 Å². The maximum absolute atomic E-state index is 12.5. The van der Waals surface area contributed by atoms with Gasteiger partial charge in [-0.1, -0.05) is 12.6 Å². The third kappa shape index (κ3) is 5.05. The molecule has 0 saturated heterocycles. The van der Waals surface area contributed by atoms with Gasteiger partial charge in [-0.2, -0.15) is 0 Å². The van der Waals surface area contributed by atoms with Gasteiger partial charge in [0, 0.05) is 5.69 Å². The Labute approximate surface area is 173 Å². The van der Waals surface area contributed by atoms with Crippen LogP contribution in [0.25, 0.3) is 10.9 Å². The highest BCUT2D eigenvalue weighted by molar-refractivity contribution is 6.45. The van der Waals surface area contributed by atoms with Crippen molar-refractivity contribution in [1.82, 2.24) is 9.88 Å². The molecule has 0 radical (unpaired) electrons. The maximum atomic E-state index is 12.5. The van der Waals surface area contributed by atoms with E-state index in [9.17, 15) is 19.2 Å². The molecule has 0 fully saturated rings. The van der Waals surface area contributed by atoms with Gasteiger partial charge in [-0.15, -0.1) is 0 Å². The number of rotatable bonds is 8. The molecule has 0 aliphatic rings. The molecule has 160 valence electrons. The first-order valence-electron chi connectivity index (χ1n) is 9.17. The smallest absolute Gasteiger partial charge is 0.344 e. The monoisotopic (exact) mass is 415 g/mol. The van der Waals surface area contributed by atoms with E-state index in [1.165, 1.54) is 0 Å². The van der Waals surface area contributed by atoms with Gasteiger partial charge in [0.25, 0.3) is 11.7 Å². The summed E-state index contributed by atoms with van der Waals surface area (Å²) >= 11 is 0. The van der Waals surface area contributed by atoms with Crippen LogP contribution in [0.15, 0.2) is 30.9 Å². The first-order chi connectivity index (χ1) is 14.0. The van der Waals surface area contributed by atoms with Crippen LogP contribution >= 0.6 is 0 Å². The van der Waals surface area contributed by atoms with Crippen LogP contribution in [-0.4, -0.2) is 40.3 Å². The molecule has 2 rings (SSSR count). The summed E-state index contributed by atoms with van der Waals surface area (Å²) in [6.07, 6.45) is 1.12.